The van der Waals surface area contributed by atoms with Crippen molar-refractivity contribution >= 4 is 29.3 Å². The lowest BCUT2D eigenvalue weighted by atomic mass is 10.1. The Labute approximate surface area is 175 Å². The monoisotopic (exact) mass is 410 g/mol. The van der Waals surface area contributed by atoms with Gasteiger partial charge in [0.2, 0.25) is 0 Å². The van der Waals surface area contributed by atoms with E-state index in [0.717, 1.165) is 18.6 Å². The molecule has 2 amide bonds. The Morgan fingerprint density at radius 1 is 1.10 bits per heavy atom. The Hall–Kier alpha value is -2.73. The molecule has 0 saturated carbocycles. The highest BCUT2D eigenvalue weighted by Crippen LogP contribution is 2.26. The lowest BCUT2D eigenvalue weighted by Crippen LogP contribution is -2.33. The van der Waals surface area contributed by atoms with Gasteiger partial charge in [-0.25, -0.2) is 0 Å². The number of benzene rings is 2. The first-order valence-corrected chi connectivity index (χ1v) is 10.7. The third-order valence-corrected chi connectivity index (χ3v) is 5.78. The number of nitrogens with one attached hydrogen (secondary N) is 2. The first-order valence-electron chi connectivity index (χ1n) is 9.75. The van der Waals surface area contributed by atoms with Crippen LogP contribution < -0.4 is 10.6 Å². The predicted octanol–water partition coefficient (Wildman–Crippen LogP) is 4.37. The molecule has 0 spiro atoms. The summed E-state index contributed by atoms with van der Waals surface area (Å²) in [6.07, 6.45) is 1.77. The molecule has 0 saturated heterocycles. The number of ether oxygens (including phenoxy) is 1. The van der Waals surface area contributed by atoms with Gasteiger partial charge in [-0.15, -0.1) is 11.8 Å². The third kappa shape index (κ3) is 6.12. The number of hydrogen-bond donors (Lipinski definition) is 2. The van der Waals surface area contributed by atoms with E-state index in [-0.39, 0.29) is 17.9 Å². The van der Waals surface area contributed by atoms with Crippen LogP contribution in [0.3, 0.4) is 0 Å². The third-order valence-electron chi connectivity index (χ3n) is 4.64. The van der Waals surface area contributed by atoms with Crippen LogP contribution in [0.15, 0.2) is 65.3 Å². The van der Waals surface area contributed by atoms with E-state index in [1.165, 1.54) is 17.3 Å². The van der Waals surface area contributed by atoms with E-state index in [0.29, 0.717) is 28.5 Å². The van der Waals surface area contributed by atoms with Crippen LogP contribution in [-0.2, 0) is 16.0 Å². The van der Waals surface area contributed by atoms with Crippen molar-refractivity contribution in [2.75, 3.05) is 17.7 Å². The summed E-state index contributed by atoms with van der Waals surface area (Å²) >= 11 is 1.48. The van der Waals surface area contributed by atoms with Crippen molar-refractivity contribution in [2.24, 2.45) is 0 Å². The summed E-state index contributed by atoms with van der Waals surface area (Å²) in [7, 11) is 0. The van der Waals surface area contributed by atoms with E-state index in [9.17, 15) is 9.59 Å². The lowest BCUT2D eigenvalue weighted by Gasteiger charge is -2.18. The summed E-state index contributed by atoms with van der Waals surface area (Å²) < 4.78 is 5.44. The van der Waals surface area contributed by atoms with Crippen LogP contribution in [0.4, 0.5) is 5.69 Å². The minimum absolute atomic E-state index is 0.0459. The van der Waals surface area contributed by atoms with Gasteiger partial charge >= 0.3 is 0 Å². The summed E-state index contributed by atoms with van der Waals surface area (Å²) in [5.74, 6) is 1.04. The average Bonchev–Trinajstić information content (AvgIpc) is 2.73. The fourth-order valence-corrected chi connectivity index (χ4v) is 3.88. The maximum absolute atomic E-state index is 12.6. The van der Waals surface area contributed by atoms with Crippen molar-refractivity contribution in [1.29, 1.82) is 0 Å². The smallest absolute Gasteiger partial charge is 0.265 e. The molecule has 2 aromatic carbocycles. The van der Waals surface area contributed by atoms with Gasteiger partial charge in [-0.1, -0.05) is 36.4 Å². The second-order valence-electron chi connectivity index (χ2n) is 7.02. The van der Waals surface area contributed by atoms with Gasteiger partial charge in [0, 0.05) is 23.0 Å². The van der Waals surface area contributed by atoms with E-state index in [2.05, 4.69) is 22.8 Å². The molecule has 0 aliphatic carbocycles. The molecule has 0 bridgehead atoms. The van der Waals surface area contributed by atoms with Gasteiger partial charge in [0.15, 0.2) is 0 Å². The van der Waals surface area contributed by atoms with Crippen molar-refractivity contribution in [3.8, 4) is 0 Å². The Morgan fingerprint density at radius 3 is 2.66 bits per heavy atom. The molecular weight excluding hydrogens is 384 g/mol. The number of allylic oxidation sites excluding steroid dienone is 1. The molecule has 0 aromatic heterocycles. The number of amides is 2. The molecule has 1 aliphatic heterocycles. The van der Waals surface area contributed by atoms with Gasteiger partial charge in [0.25, 0.3) is 11.8 Å². The maximum Gasteiger partial charge on any atom is 0.265 e. The second-order valence-corrected chi connectivity index (χ2v) is 8.12. The highest BCUT2D eigenvalue weighted by Gasteiger charge is 2.19. The lowest BCUT2D eigenvalue weighted by molar-refractivity contribution is -0.112. The van der Waals surface area contributed by atoms with E-state index < -0.39 is 0 Å². The van der Waals surface area contributed by atoms with Gasteiger partial charge in [-0.05, 0) is 50.5 Å². The highest BCUT2D eigenvalue weighted by molar-refractivity contribution is 8.04. The summed E-state index contributed by atoms with van der Waals surface area (Å²) in [4.78, 5) is 25.7. The zero-order valence-corrected chi connectivity index (χ0v) is 17.6. The fourth-order valence-electron chi connectivity index (χ4n) is 3.06. The van der Waals surface area contributed by atoms with Crippen molar-refractivity contribution in [2.45, 2.75) is 32.7 Å². The average molecular weight is 411 g/mol. The van der Waals surface area contributed by atoms with E-state index in [1.54, 1.807) is 31.2 Å². The molecule has 2 N–H and O–H groups in total. The van der Waals surface area contributed by atoms with Crippen LogP contribution in [-0.4, -0.2) is 30.2 Å². The first-order chi connectivity index (χ1) is 14.0. The van der Waals surface area contributed by atoms with E-state index in [4.69, 9.17) is 4.74 Å². The van der Waals surface area contributed by atoms with Crippen LogP contribution in [0, 0.1) is 0 Å². The Kier molecular flexibility index (Phi) is 7.36. The van der Waals surface area contributed by atoms with Crippen LogP contribution in [0.5, 0.6) is 0 Å². The topological polar surface area (TPSA) is 67.4 Å². The van der Waals surface area contributed by atoms with Crippen LogP contribution in [0.2, 0.25) is 0 Å². The molecule has 6 heteroatoms. The standard InChI is InChI=1S/C23H26N2O3S/c1-16(11-12-18-7-4-3-5-8-18)24-22(26)19-9-6-10-20(15-19)25-23(27)21-17(2)28-13-14-29-21/h3-10,15-16H,11-14H2,1-2H3,(H,24,26)(H,25,27). The van der Waals surface area contributed by atoms with E-state index >= 15 is 0 Å². The highest BCUT2D eigenvalue weighted by atomic mass is 32.2. The second kappa shape index (κ2) is 10.2. The Morgan fingerprint density at radius 2 is 1.90 bits per heavy atom. The SMILES string of the molecule is CC1=C(C(=O)Nc2cccc(C(=O)NC(C)CCc3ccccc3)c2)SCCO1. The zero-order valence-electron chi connectivity index (χ0n) is 16.7. The van der Waals surface area contributed by atoms with Gasteiger partial charge in [0.1, 0.15) is 10.7 Å². The van der Waals surface area contributed by atoms with Crippen LogP contribution in [0.1, 0.15) is 36.2 Å². The molecule has 3 rings (SSSR count). The number of aryl methyl sites for hydroxylation is 1. The minimum Gasteiger partial charge on any atom is -0.496 e. The Balaban J connectivity index is 1.56. The molecule has 29 heavy (non-hydrogen) atoms. The van der Waals surface area contributed by atoms with Crippen LogP contribution in [0.25, 0.3) is 0 Å². The zero-order chi connectivity index (χ0) is 20.6. The molecule has 1 atom stereocenters. The largest absolute Gasteiger partial charge is 0.496 e. The van der Waals surface area contributed by atoms with Crippen LogP contribution >= 0.6 is 11.8 Å². The molecule has 152 valence electrons. The normalized spacial score (nSPS) is 14.7. The summed E-state index contributed by atoms with van der Waals surface area (Å²) in [6.45, 7) is 4.41. The van der Waals surface area contributed by atoms with Gasteiger partial charge in [0.05, 0.1) is 6.61 Å². The molecule has 1 unspecified atom stereocenters. The van der Waals surface area contributed by atoms with Gasteiger partial charge in [-0.3, -0.25) is 9.59 Å². The number of anilines is 1. The molecule has 1 heterocycles. The number of thioether (sulfide) groups is 1. The number of hydrogen-bond acceptors (Lipinski definition) is 4. The number of rotatable bonds is 7. The van der Waals surface area contributed by atoms with Crippen molar-refractivity contribution in [1.82, 2.24) is 5.32 Å². The summed E-state index contributed by atoms with van der Waals surface area (Å²) in [5, 5.41) is 5.89. The van der Waals surface area contributed by atoms with Gasteiger partial charge in [-0.2, -0.15) is 0 Å². The fraction of sp³-hybridized carbons (Fsp3) is 0.304. The summed E-state index contributed by atoms with van der Waals surface area (Å²) in [5.41, 5.74) is 2.37. The van der Waals surface area contributed by atoms with Crippen molar-refractivity contribution in [3.63, 3.8) is 0 Å². The predicted molar refractivity (Wildman–Crippen MR) is 118 cm³/mol. The first kappa shape index (κ1) is 21.0. The minimum atomic E-state index is -0.207. The van der Waals surface area contributed by atoms with Gasteiger partial charge < -0.3 is 15.4 Å². The summed E-state index contributed by atoms with van der Waals surface area (Å²) in [6, 6.07) is 17.3. The Bertz CT molecular complexity index is 896. The molecular formula is C23H26N2O3S. The van der Waals surface area contributed by atoms with Crippen molar-refractivity contribution < 1.29 is 14.3 Å². The van der Waals surface area contributed by atoms with E-state index in [1.807, 2.05) is 25.1 Å². The number of carbonyl (C=O) groups excluding carboxylic acids is 2. The molecule has 0 radical (unpaired) electrons. The number of carbonyl (C=O) groups is 2. The quantitative estimate of drug-likeness (QED) is 0.711. The molecule has 5 nitrogen and oxygen atoms in total. The molecule has 1 aliphatic rings. The molecule has 2 aromatic rings. The molecule has 0 fully saturated rings. The maximum atomic E-state index is 12.6. The van der Waals surface area contributed by atoms with Crippen molar-refractivity contribution in [3.05, 3.63) is 76.4 Å².